The Morgan fingerprint density at radius 1 is 0.885 bits per heavy atom. The molecule has 1 unspecified atom stereocenters. The monoisotopic (exact) mass is 728 g/mol. The molecule has 6 aliphatic rings. The molecule has 14 nitrogen and oxygen atoms in total. The predicted octanol–water partition coefficient (Wildman–Crippen LogP) is 3.15. The first-order valence-corrected chi connectivity index (χ1v) is 17.9. The maximum absolute atomic E-state index is 14.5. The van der Waals surface area contributed by atoms with Gasteiger partial charge in [-0.1, -0.05) is 19.1 Å². The van der Waals surface area contributed by atoms with Gasteiger partial charge in [-0.3, -0.25) is 24.0 Å². The highest BCUT2D eigenvalue weighted by Crippen LogP contribution is 2.77. The molecule has 1 spiro atoms. The van der Waals surface area contributed by atoms with E-state index in [1.165, 1.54) is 27.9 Å². The van der Waals surface area contributed by atoms with Crippen molar-refractivity contribution in [1.82, 2.24) is 0 Å². The zero-order valence-electron chi connectivity index (χ0n) is 30.7. The molecule has 14 heteroatoms. The lowest BCUT2D eigenvalue weighted by molar-refractivity contribution is -0.275. The van der Waals surface area contributed by atoms with Gasteiger partial charge in [0, 0.05) is 51.6 Å². The molecular formula is C38H48O14. The van der Waals surface area contributed by atoms with Gasteiger partial charge in [-0.25, -0.2) is 0 Å². The van der Waals surface area contributed by atoms with Gasteiger partial charge < -0.3 is 42.6 Å². The van der Waals surface area contributed by atoms with E-state index in [-0.39, 0.29) is 43.3 Å². The zero-order chi connectivity index (χ0) is 37.4. The van der Waals surface area contributed by atoms with Crippen molar-refractivity contribution in [1.29, 1.82) is 0 Å². The minimum atomic E-state index is -1.80. The molecule has 2 bridgehead atoms. The number of cyclic esters (lactones) is 1. The van der Waals surface area contributed by atoms with E-state index >= 15 is 0 Å². The van der Waals surface area contributed by atoms with E-state index in [2.05, 4.69) is 0 Å². The second kappa shape index (κ2) is 13.0. The minimum Gasteiger partial charge on any atom is -0.497 e. The van der Waals surface area contributed by atoms with Gasteiger partial charge in [-0.05, 0) is 48.8 Å². The number of benzene rings is 1. The van der Waals surface area contributed by atoms with Crippen LogP contribution in [0, 0.1) is 45.8 Å². The first kappa shape index (κ1) is 36.6. The van der Waals surface area contributed by atoms with Gasteiger partial charge in [0.2, 0.25) is 0 Å². The van der Waals surface area contributed by atoms with Crippen LogP contribution in [0.1, 0.15) is 58.9 Å². The SMILES string of the molecule is COC(=O)[C@@]1(COC(C)=O)[C@H](OC(C)=O)C[C@H](OC(C)=O)[C@]23COC(=O)[C@H]2[C@]2(C)[C@@H]4[C@@H]5C[C@@H](CC5OCc5ccc(OC)cc5)[C@]4(OC)O[C@@H]2C[C@@H]13. The molecule has 0 N–H and O–H groups in total. The summed E-state index contributed by atoms with van der Waals surface area (Å²) in [5, 5.41) is 0. The molecule has 1 aromatic carbocycles. The summed E-state index contributed by atoms with van der Waals surface area (Å²) < 4.78 is 54.3. The predicted molar refractivity (Wildman–Crippen MR) is 176 cm³/mol. The lowest BCUT2D eigenvalue weighted by atomic mass is 9.39. The first-order chi connectivity index (χ1) is 24.7. The molecule has 1 aromatic rings. The van der Waals surface area contributed by atoms with Gasteiger partial charge >= 0.3 is 29.8 Å². The molecule has 13 atom stereocenters. The van der Waals surface area contributed by atoms with E-state index in [9.17, 15) is 24.0 Å². The summed E-state index contributed by atoms with van der Waals surface area (Å²) in [6.45, 7) is 5.38. The standard InChI is InChI=1S/C38H48O14/c1-19(39)48-18-37(34(43)45-6)27-14-28-35(4,32-33(42)49-17-36(27,32)29(50-20(2)40)15-30(37)51-21(3)41)31-25-12-23(38(31,46-7)52-28)13-26(25)47-16-22-8-10-24(44-5)11-9-22/h8-11,23,25-32H,12-18H2,1-7H3/t23-,25+,26?,27+,28+,29-,30+,31-,32-,35-,36+,37+,38-/m0/s1. The molecule has 2 aliphatic heterocycles. The van der Waals surface area contributed by atoms with Crippen molar-refractivity contribution in [2.75, 3.05) is 34.5 Å². The molecule has 6 fully saturated rings. The van der Waals surface area contributed by atoms with Crippen LogP contribution in [0.15, 0.2) is 24.3 Å². The Morgan fingerprint density at radius 2 is 1.58 bits per heavy atom. The van der Waals surface area contributed by atoms with E-state index in [1.807, 2.05) is 31.2 Å². The fraction of sp³-hybridized carbons (Fsp3) is 0.711. The average molecular weight is 729 g/mol. The molecular weight excluding hydrogens is 680 g/mol. The highest BCUT2D eigenvalue weighted by atomic mass is 16.7. The van der Waals surface area contributed by atoms with E-state index in [4.69, 9.17) is 42.6 Å². The van der Waals surface area contributed by atoms with E-state index in [0.29, 0.717) is 13.0 Å². The van der Waals surface area contributed by atoms with Gasteiger partial charge in [-0.2, -0.15) is 0 Å². The maximum atomic E-state index is 14.5. The Hall–Kier alpha value is -3.75. The van der Waals surface area contributed by atoms with Gasteiger partial charge in [0.25, 0.3) is 0 Å². The topological polar surface area (TPSA) is 168 Å². The van der Waals surface area contributed by atoms with Crippen molar-refractivity contribution >= 4 is 29.8 Å². The van der Waals surface area contributed by atoms with Crippen LogP contribution < -0.4 is 4.74 Å². The third-order valence-electron chi connectivity index (χ3n) is 13.5. The van der Waals surface area contributed by atoms with Gasteiger partial charge in [0.1, 0.15) is 36.6 Å². The molecule has 0 amide bonds. The van der Waals surface area contributed by atoms with E-state index in [1.54, 1.807) is 14.2 Å². The van der Waals surface area contributed by atoms with Crippen LogP contribution in [-0.2, 0) is 68.5 Å². The smallest absolute Gasteiger partial charge is 0.319 e. The highest BCUT2D eigenvalue weighted by molar-refractivity contribution is 5.83. The molecule has 52 heavy (non-hydrogen) atoms. The van der Waals surface area contributed by atoms with E-state index < -0.39 is 88.6 Å². The first-order valence-electron chi connectivity index (χ1n) is 17.9. The van der Waals surface area contributed by atoms with Crippen molar-refractivity contribution in [3.63, 3.8) is 0 Å². The quantitative estimate of drug-likeness (QED) is 0.254. The summed E-state index contributed by atoms with van der Waals surface area (Å²) in [4.78, 5) is 66.5. The summed E-state index contributed by atoms with van der Waals surface area (Å²) in [7, 11) is 4.44. The Bertz CT molecular complexity index is 1630. The van der Waals surface area contributed by atoms with Crippen LogP contribution in [0.25, 0.3) is 0 Å². The lowest BCUT2D eigenvalue weighted by Crippen LogP contribution is -2.73. The number of fused-ring (bicyclic) bond motifs is 8. The van der Waals surface area contributed by atoms with Gasteiger partial charge in [0.05, 0.1) is 44.4 Å². The zero-order valence-corrected chi connectivity index (χ0v) is 30.7. The number of hydrogen-bond acceptors (Lipinski definition) is 14. The normalized spacial score (nSPS) is 42.2. The molecule has 4 aliphatic carbocycles. The molecule has 0 radical (unpaired) electrons. The van der Waals surface area contributed by atoms with Crippen LogP contribution in [0.5, 0.6) is 5.75 Å². The third kappa shape index (κ3) is 5.03. The maximum Gasteiger partial charge on any atom is 0.319 e. The number of rotatable bonds is 10. The van der Waals surface area contributed by atoms with Crippen molar-refractivity contribution < 1.29 is 66.6 Å². The number of carbonyl (C=O) groups excluding carboxylic acids is 5. The van der Waals surface area contributed by atoms with Crippen LogP contribution >= 0.6 is 0 Å². The largest absolute Gasteiger partial charge is 0.497 e. The third-order valence-corrected chi connectivity index (χ3v) is 13.5. The molecule has 284 valence electrons. The number of ether oxygens (including phenoxy) is 9. The Kier molecular flexibility index (Phi) is 9.13. The number of hydrogen-bond donors (Lipinski definition) is 0. The number of esters is 5. The van der Waals surface area contributed by atoms with Crippen molar-refractivity contribution in [3.05, 3.63) is 29.8 Å². The fourth-order valence-corrected chi connectivity index (χ4v) is 11.8. The molecule has 2 heterocycles. The lowest BCUT2D eigenvalue weighted by Gasteiger charge is -2.63. The van der Waals surface area contributed by atoms with Crippen LogP contribution in [0.2, 0.25) is 0 Å². The van der Waals surface area contributed by atoms with E-state index in [0.717, 1.165) is 17.7 Å². The van der Waals surface area contributed by atoms with Crippen LogP contribution in [-0.4, -0.2) is 94.6 Å². The average Bonchev–Trinajstić information content (AvgIpc) is 3.84. The Balaban J connectivity index is 1.34. The second-order valence-electron chi connectivity index (χ2n) is 15.6. The summed E-state index contributed by atoms with van der Waals surface area (Å²) in [5.41, 5.74) is -3.08. The van der Waals surface area contributed by atoms with Crippen molar-refractivity contribution in [2.24, 2.45) is 45.8 Å². The Labute approximate surface area is 302 Å². The number of carbonyl (C=O) groups is 5. The van der Waals surface area contributed by atoms with Gasteiger partial charge in [-0.15, -0.1) is 0 Å². The summed E-state index contributed by atoms with van der Waals surface area (Å²) in [6.07, 6.45) is -1.70. The summed E-state index contributed by atoms with van der Waals surface area (Å²) >= 11 is 0. The number of methoxy groups -OCH3 is 3. The van der Waals surface area contributed by atoms with Crippen molar-refractivity contribution in [3.8, 4) is 5.75 Å². The molecule has 2 saturated heterocycles. The van der Waals surface area contributed by atoms with Crippen LogP contribution in [0.4, 0.5) is 0 Å². The second-order valence-corrected chi connectivity index (χ2v) is 15.6. The minimum absolute atomic E-state index is 0.0591. The van der Waals surface area contributed by atoms with Gasteiger partial charge in [0.15, 0.2) is 5.79 Å². The van der Waals surface area contributed by atoms with Crippen LogP contribution in [0.3, 0.4) is 0 Å². The molecule has 4 saturated carbocycles. The molecule has 7 rings (SSSR count). The Morgan fingerprint density at radius 3 is 2.19 bits per heavy atom. The fourth-order valence-electron chi connectivity index (χ4n) is 11.8. The molecule has 0 aromatic heterocycles. The summed E-state index contributed by atoms with van der Waals surface area (Å²) in [5.74, 6) is -5.96. The summed E-state index contributed by atoms with van der Waals surface area (Å²) in [6, 6.07) is 7.71. The highest BCUT2D eigenvalue weighted by Gasteiger charge is 2.86. The van der Waals surface area contributed by atoms with Crippen molar-refractivity contribution in [2.45, 2.75) is 90.2 Å².